The number of hydrogen-bond acceptors (Lipinski definition) is 3. The highest BCUT2D eigenvalue weighted by atomic mass is 16.5. The van der Waals surface area contributed by atoms with Crippen molar-refractivity contribution in [1.82, 2.24) is 5.32 Å². The molecule has 0 saturated carbocycles. The summed E-state index contributed by atoms with van der Waals surface area (Å²) in [5.41, 5.74) is 3.04. The minimum absolute atomic E-state index is 0.201. The van der Waals surface area contributed by atoms with Crippen LogP contribution in [0.25, 0.3) is 0 Å². The van der Waals surface area contributed by atoms with Crippen LogP contribution in [0.1, 0.15) is 36.5 Å². The molecule has 1 spiro atoms. The van der Waals surface area contributed by atoms with Gasteiger partial charge >= 0.3 is 0 Å². The van der Waals surface area contributed by atoms with Crippen molar-refractivity contribution in [1.29, 1.82) is 0 Å². The van der Waals surface area contributed by atoms with Crippen molar-refractivity contribution < 1.29 is 9.47 Å². The predicted octanol–water partition coefficient (Wildman–Crippen LogP) is 2.96. The second-order valence-corrected chi connectivity index (χ2v) is 5.80. The quantitative estimate of drug-likeness (QED) is 0.856. The van der Waals surface area contributed by atoms with E-state index in [2.05, 4.69) is 24.0 Å². The predicted molar refractivity (Wildman–Crippen MR) is 80.3 cm³/mol. The SMILES string of the molecule is C=CCOC1CC2(CCNCC2)c2cc(OC)ccc21. The Morgan fingerprint density at radius 3 is 2.90 bits per heavy atom. The third-order valence-electron chi connectivity index (χ3n) is 4.73. The molecule has 0 radical (unpaired) electrons. The second kappa shape index (κ2) is 5.58. The molecule has 0 aromatic heterocycles. The zero-order valence-corrected chi connectivity index (χ0v) is 12.2. The van der Waals surface area contributed by atoms with Gasteiger partial charge in [-0.05, 0) is 55.6 Å². The Hall–Kier alpha value is -1.32. The first-order valence-electron chi connectivity index (χ1n) is 7.41. The standard InChI is InChI=1S/C17H23NO2/c1-3-10-20-16-12-17(6-8-18-9-7-17)15-11-13(19-2)4-5-14(15)16/h3-5,11,16,18H,1,6-10,12H2,2H3. The summed E-state index contributed by atoms with van der Waals surface area (Å²) in [4.78, 5) is 0. The molecule has 0 bridgehead atoms. The monoisotopic (exact) mass is 273 g/mol. The van der Waals surface area contributed by atoms with Crippen LogP contribution in [0.2, 0.25) is 0 Å². The molecule has 3 rings (SSSR count). The molecule has 20 heavy (non-hydrogen) atoms. The van der Waals surface area contributed by atoms with Gasteiger partial charge in [-0.25, -0.2) is 0 Å². The molecule has 1 unspecified atom stereocenters. The average molecular weight is 273 g/mol. The number of ether oxygens (including phenoxy) is 2. The lowest BCUT2D eigenvalue weighted by atomic mass is 9.74. The summed E-state index contributed by atoms with van der Waals surface area (Å²) >= 11 is 0. The van der Waals surface area contributed by atoms with E-state index in [1.165, 1.54) is 24.0 Å². The van der Waals surface area contributed by atoms with Gasteiger partial charge in [-0.2, -0.15) is 0 Å². The molecular weight excluding hydrogens is 250 g/mol. The van der Waals surface area contributed by atoms with Gasteiger partial charge in [0.05, 0.1) is 19.8 Å². The molecule has 1 aromatic carbocycles. The first-order valence-corrected chi connectivity index (χ1v) is 7.41. The highest BCUT2D eigenvalue weighted by Crippen LogP contribution is 2.52. The summed E-state index contributed by atoms with van der Waals surface area (Å²) in [6, 6.07) is 6.44. The van der Waals surface area contributed by atoms with E-state index in [1.54, 1.807) is 7.11 Å². The molecule has 1 fully saturated rings. The first-order chi connectivity index (χ1) is 9.79. The van der Waals surface area contributed by atoms with Crippen LogP contribution in [0, 0.1) is 0 Å². The van der Waals surface area contributed by atoms with Gasteiger partial charge in [0, 0.05) is 5.41 Å². The van der Waals surface area contributed by atoms with E-state index < -0.39 is 0 Å². The zero-order chi connectivity index (χ0) is 14.0. The number of methoxy groups -OCH3 is 1. The van der Waals surface area contributed by atoms with Crippen molar-refractivity contribution in [2.24, 2.45) is 0 Å². The maximum absolute atomic E-state index is 6.00. The second-order valence-electron chi connectivity index (χ2n) is 5.80. The van der Waals surface area contributed by atoms with Crippen molar-refractivity contribution in [2.75, 3.05) is 26.8 Å². The summed E-state index contributed by atoms with van der Waals surface area (Å²) in [5, 5.41) is 3.47. The molecule has 1 heterocycles. The maximum atomic E-state index is 6.00. The van der Waals surface area contributed by atoms with Crippen molar-refractivity contribution >= 4 is 0 Å². The lowest BCUT2D eigenvalue weighted by Crippen LogP contribution is -2.38. The Kier molecular flexibility index (Phi) is 3.81. The smallest absolute Gasteiger partial charge is 0.119 e. The highest BCUT2D eigenvalue weighted by Gasteiger charge is 2.44. The normalized spacial score (nSPS) is 23.6. The van der Waals surface area contributed by atoms with Crippen LogP contribution in [0.5, 0.6) is 5.75 Å². The fourth-order valence-electron chi connectivity index (χ4n) is 3.69. The minimum Gasteiger partial charge on any atom is -0.497 e. The van der Waals surface area contributed by atoms with Gasteiger partial charge in [0.15, 0.2) is 0 Å². The molecule has 1 aromatic rings. The van der Waals surface area contributed by atoms with Crippen LogP contribution in [-0.2, 0) is 10.2 Å². The van der Waals surface area contributed by atoms with Gasteiger partial charge < -0.3 is 14.8 Å². The van der Waals surface area contributed by atoms with Gasteiger partial charge in [-0.3, -0.25) is 0 Å². The zero-order valence-electron chi connectivity index (χ0n) is 12.2. The fraction of sp³-hybridized carbons (Fsp3) is 0.529. The summed E-state index contributed by atoms with van der Waals surface area (Å²) in [7, 11) is 1.73. The topological polar surface area (TPSA) is 30.5 Å². The number of hydrogen-bond donors (Lipinski definition) is 1. The van der Waals surface area contributed by atoms with Gasteiger partial charge in [-0.15, -0.1) is 6.58 Å². The Bertz CT molecular complexity index is 492. The third kappa shape index (κ3) is 2.25. The summed E-state index contributed by atoms with van der Waals surface area (Å²) in [6.45, 7) is 6.55. The number of benzene rings is 1. The molecule has 1 N–H and O–H groups in total. The molecule has 1 aliphatic carbocycles. The lowest BCUT2D eigenvalue weighted by molar-refractivity contribution is 0.0577. The summed E-state index contributed by atoms with van der Waals surface area (Å²) in [6.07, 6.45) is 5.48. The van der Waals surface area contributed by atoms with Gasteiger partial charge in [-0.1, -0.05) is 12.1 Å². The van der Waals surface area contributed by atoms with Gasteiger partial charge in [0.2, 0.25) is 0 Å². The van der Waals surface area contributed by atoms with E-state index in [-0.39, 0.29) is 11.5 Å². The van der Waals surface area contributed by atoms with Crippen LogP contribution < -0.4 is 10.1 Å². The first kappa shape index (κ1) is 13.7. The Morgan fingerprint density at radius 2 is 2.20 bits per heavy atom. The highest BCUT2D eigenvalue weighted by molar-refractivity contribution is 5.46. The molecule has 2 aliphatic rings. The Balaban J connectivity index is 1.97. The largest absolute Gasteiger partial charge is 0.497 e. The van der Waals surface area contributed by atoms with Crippen LogP contribution in [0.15, 0.2) is 30.9 Å². The summed E-state index contributed by atoms with van der Waals surface area (Å²) in [5.74, 6) is 0.950. The van der Waals surface area contributed by atoms with Crippen molar-refractivity contribution in [3.63, 3.8) is 0 Å². The Labute approximate surface area is 121 Å². The van der Waals surface area contributed by atoms with Crippen molar-refractivity contribution in [3.05, 3.63) is 42.0 Å². The molecule has 1 atom stereocenters. The molecular formula is C17H23NO2. The van der Waals surface area contributed by atoms with Crippen molar-refractivity contribution in [2.45, 2.75) is 30.8 Å². The van der Waals surface area contributed by atoms with Gasteiger partial charge in [0.1, 0.15) is 5.75 Å². The number of piperidine rings is 1. The van der Waals surface area contributed by atoms with E-state index in [0.717, 1.165) is 25.3 Å². The minimum atomic E-state index is 0.201. The fourth-order valence-corrected chi connectivity index (χ4v) is 3.69. The van der Waals surface area contributed by atoms with Crippen LogP contribution >= 0.6 is 0 Å². The molecule has 1 saturated heterocycles. The van der Waals surface area contributed by atoms with E-state index >= 15 is 0 Å². The number of nitrogens with one attached hydrogen (secondary N) is 1. The lowest BCUT2D eigenvalue weighted by Gasteiger charge is -2.35. The van der Waals surface area contributed by atoms with Crippen LogP contribution in [0.4, 0.5) is 0 Å². The third-order valence-corrected chi connectivity index (χ3v) is 4.73. The average Bonchev–Trinajstić information content (AvgIpc) is 2.79. The Morgan fingerprint density at radius 1 is 1.40 bits per heavy atom. The molecule has 1 aliphatic heterocycles. The number of fused-ring (bicyclic) bond motifs is 2. The molecule has 108 valence electrons. The van der Waals surface area contributed by atoms with E-state index in [1.807, 2.05) is 12.1 Å². The van der Waals surface area contributed by atoms with E-state index in [4.69, 9.17) is 9.47 Å². The van der Waals surface area contributed by atoms with Crippen LogP contribution in [0.3, 0.4) is 0 Å². The molecule has 3 nitrogen and oxygen atoms in total. The number of rotatable bonds is 4. The van der Waals surface area contributed by atoms with E-state index in [0.29, 0.717) is 6.61 Å². The van der Waals surface area contributed by atoms with Crippen molar-refractivity contribution in [3.8, 4) is 5.75 Å². The van der Waals surface area contributed by atoms with Gasteiger partial charge in [0.25, 0.3) is 0 Å². The maximum Gasteiger partial charge on any atom is 0.119 e. The molecule has 3 heteroatoms. The summed E-state index contributed by atoms with van der Waals surface area (Å²) < 4.78 is 11.4. The molecule has 0 amide bonds. The van der Waals surface area contributed by atoms with E-state index in [9.17, 15) is 0 Å². The van der Waals surface area contributed by atoms with Crippen LogP contribution in [-0.4, -0.2) is 26.8 Å².